The van der Waals surface area contributed by atoms with Crippen molar-refractivity contribution in [2.24, 2.45) is 17.3 Å². The molecule has 1 fully saturated rings. The second-order valence-electron chi connectivity index (χ2n) is 5.26. The third kappa shape index (κ3) is 2.43. The van der Waals surface area contributed by atoms with Crippen LogP contribution in [0.15, 0.2) is 18.2 Å². The van der Waals surface area contributed by atoms with Crippen molar-refractivity contribution in [3.05, 3.63) is 29.8 Å². The van der Waals surface area contributed by atoms with E-state index in [9.17, 15) is 18.4 Å². The second kappa shape index (κ2) is 4.29. The molecule has 6 heteroatoms. The van der Waals surface area contributed by atoms with Gasteiger partial charge in [-0.2, -0.15) is 0 Å². The number of benzene rings is 1. The third-order valence-electron chi connectivity index (χ3n) is 3.51. The Morgan fingerprint density at radius 3 is 2.11 bits per heavy atom. The summed E-state index contributed by atoms with van der Waals surface area (Å²) in [4.78, 5) is 22.9. The Hall–Kier alpha value is -1.98. The highest BCUT2D eigenvalue weighted by atomic mass is 19.1. The van der Waals surface area contributed by atoms with Crippen LogP contribution >= 0.6 is 0 Å². The van der Waals surface area contributed by atoms with Crippen LogP contribution in [0.4, 0.5) is 14.5 Å². The van der Waals surface area contributed by atoms with Gasteiger partial charge in [-0.1, -0.05) is 13.8 Å². The van der Waals surface area contributed by atoms with Crippen molar-refractivity contribution in [1.29, 1.82) is 0 Å². The molecule has 0 aromatic heterocycles. The molecule has 0 bridgehead atoms. The number of hydrogen-bond donors (Lipinski definition) is 2. The smallest absolute Gasteiger partial charge is 0.307 e. The van der Waals surface area contributed by atoms with E-state index < -0.39 is 40.8 Å². The van der Waals surface area contributed by atoms with Gasteiger partial charge in [-0.3, -0.25) is 9.59 Å². The quantitative estimate of drug-likeness (QED) is 0.884. The van der Waals surface area contributed by atoms with Gasteiger partial charge >= 0.3 is 5.97 Å². The van der Waals surface area contributed by atoms with Gasteiger partial charge < -0.3 is 10.4 Å². The lowest BCUT2D eigenvalue weighted by Gasteiger charge is -2.06. The number of carbonyl (C=O) groups excluding carboxylic acids is 1. The molecule has 0 radical (unpaired) electrons. The van der Waals surface area contributed by atoms with Gasteiger partial charge in [0.05, 0.1) is 11.8 Å². The van der Waals surface area contributed by atoms with Gasteiger partial charge in [0.1, 0.15) is 11.6 Å². The number of rotatable bonds is 3. The topological polar surface area (TPSA) is 66.4 Å². The number of hydrogen-bond acceptors (Lipinski definition) is 2. The lowest BCUT2D eigenvalue weighted by Crippen LogP contribution is -2.18. The minimum absolute atomic E-state index is 0.0191. The van der Waals surface area contributed by atoms with E-state index in [1.54, 1.807) is 13.8 Å². The van der Waals surface area contributed by atoms with E-state index in [2.05, 4.69) is 5.32 Å². The number of aliphatic carboxylic acids is 1. The van der Waals surface area contributed by atoms with Crippen LogP contribution in [0.3, 0.4) is 0 Å². The van der Waals surface area contributed by atoms with E-state index in [1.165, 1.54) is 0 Å². The molecule has 0 heterocycles. The number of carboxylic acids is 1. The molecule has 0 spiro atoms. The summed E-state index contributed by atoms with van der Waals surface area (Å²) in [6, 6.07) is 2.65. The van der Waals surface area contributed by atoms with Crippen molar-refractivity contribution in [2.45, 2.75) is 13.8 Å². The number of amides is 1. The zero-order chi connectivity index (χ0) is 14.4. The van der Waals surface area contributed by atoms with Crippen LogP contribution in [0.1, 0.15) is 13.8 Å². The van der Waals surface area contributed by atoms with Crippen LogP contribution in [0.25, 0.3) is 0 Å². The number of nitrogens with one attached hydrogen (secondary N) is 1. The molecule has 1 aromatic rings. The Morgan fingerprint density at radius 2 is 1.68 bits per heavy atom. The largest absolute Gasteiger partial charge is 0.481 e. The van der Waals surface area contributed by atoms with Gasteiger partial charge in [0.2, 0.25) is 5.91 Å². The summed E-state index contributed by atoms with van der Waals surface area (Å²) in [5.74, 6) is -4.67. The van der Waals surface area contributed by atoms with E-state index >= 15 is 0 Å². The molecule has 19 heavy (non-hydrogen) atoms. The first-order valence-corrected chi connectivity index (χ1v) is 5.73. The predicted molar refractivity (Wildman–Crippen MR) is 63.4 cm³/mol. The first-order chi connectivity index (χ1) is 8.73. The number of anilines is 1. The number of halogens is 2. The summed E-state index contributed by atoms with van der Waals surface area (Å²) in [6.45, 7) is 3.34. The highest BCUT2D eigenvalue weighted by Crippen LogP contribution is 2.58. The normalized spacial score (nSPS) is 23.8. The van der Waals surface area contributed by atoms with E-state index in [4.69, 9.17) is 5.11 Å². The summed E-state index contributed by atoms with van der Waals surface area (Å²) in [5, 5.41) is 11.3. The lowest BCUT2D eigenvalue weighted by atomic mass is 10.1. The number of carbonyl (C=O) groups is 2. The molecule has 1 aliphatic carbocycles. The van der Waals surface area contributed by atoms with E-state index in [0.29, 0.717) is 6.07 Å². The van der Waals surface area contributed by atoms with Gasteiger partial charge in [0.15, 0.2) is 0 Å². The lowest BCUT2D eigenvalue weighted by molar-refractivity contribution is -0.140. The van der Waals surface area contributed by atoms with Crippen molar-refractivity contribution in [1.82, 2.24) is 0 Å². The summed E-state index contributed by atoms with van der Waals surface area (Å²) in [5.41, 5.74) is -0.670. The van der Waals surface area contributed by atoms with Crippen molar-refractivity contribution in [3.8, 4) is 0 Å². The summed E-state index contributed by atoms with van der Waals surface area (Å²) in [6.07, 6.45) is 0. The average molecular weight is 269 g/mol. The molecule has 2 N–H and O–H groups in total. The fourth-order valence-corrected chi connectivity index (χ4v) is 2.43. The van der Waals surface area contributed by atoms with E-state index in [1.807, 2.05) is 0 Å². The zero-order valence-corrected chi connectivity index (χ0v) is 10.4. The minimum Gasteiger partial charge on any atom is -0.481 e. The maximum atomic E-state index is 13.0. The molecule has 4 nitrogen and oxygen atoms in total. The fourth-order valence-electron chi connectivity index (χ4n) is 2.43. The minimum atomic E-state index is -1.05. The molecule has 1 amide bonds. The van der Waals surface area contributed by atoms with Crippen molar-refractivity contribution >= 4 is 17.6 Å². The second-order valence-corrected chi connectivity index (χ2v) is 5.26. The van der Waals surface area contributed by atoms with Crippen molar-refractivity contribution < 1.29 is 23.5 Å². The molecule has 1 aliphatic rings. The van der Waals surface area contributed by atoms with Crippen molar-refractivity contribution in [2.75, 3.05) is 5.32 Å². The number of carboxylic acid groups (broad SMARTS) is 1. The van der Waals surface area contributed by atoms with Crippen molar-refractivity contribution in [3.63, 3.8) is 0 Å². The van der Waals surface area contributed by atoms with Crippen LogP contribution in [-0.4, -0.2) is 17.0 Å². The Bertz CT molecular complexity index is 537. The highest BCUT2D eigenvalue weighted by molar-refractivity contribution is 5.99. The highest BCUT2D eigenvalue weighted by Gasteiger charge is 2.65. The predicted octanol–water partition coefficient (Wildman–Crippen LogP) is 2.26. The zero-order valence-electron chi connectivity index (χ0n) is 10.4. The Morgan fingerprint density at radius 1 is 1.16 bits per heavy atom. The van der Waals surface area contributed by atoms with Crippen LogP contribution in [0.2, 0.25) is 0 Å². The molecule has 2 rings (SSSR count). The van der Waals surface area contributed by atoms with Gasteiger partial charge in [-0.15, -0.1) is 0 Å². The molecular weight excluding hydrogens is 256 g/mol. The van der Waals surface area contributed by atoms with Crippen LogP contribution in [0, 0.1) is 28.9 Å². The molecule has 2 atom stereocenters. The average Bonchev–Trinajstić information content (AvgIpc) is 2.80. The molecule has 1 saturated carbocycles. The fraction of sp³-hybridized carbons (Fsp3) is 0.385. The Labute approximate surface area is 108 Å². The monoisotopic (exact) mass is 269 g/mol. The van der Waals surface area contributed by atoms with Gasteiger partial charge in [-0.25, -0.2) is 8.78 Å². The first-order valence-electron chi connectivity index (χ1n) is 5.73. The van der Waals surface area contributed by atoms with Gasteiger partial charge in [0.25, 0.3) is 0 Å². The SMILES string of the molecule is CC1(C)C(C(=O)O)C1C(=O)Nc1cc(F)cc(F)c1. The molecule has 1 aromatic carbocycles. The molecular formula is C13H13F2NO3. The Balaban J connectivity index is 2.13. The Kier molecular flexibility index (Phi) is 3.04. The standard InChI is InChI=1S/C13H13F2NO3/c1-13(2)9(10(13)12(18)19)11(17)16-8-4-6(14)3-7(15)5-8/h3-5,9-10H,1-2H3,(H,16,17)(H,18,19). The molecule has 0 saturated heterocycles. The molecule has 102 valence electrons. The third-order valence-corrected chi connectivity index (χ3v) is 3.51. The molecule has 0 aliphatic heterocycles. The molecule has 2 unspecified atom stereocenters. The maximum absolute atomic E-state index is 13.0. The summed E-state index contributed by atoms with van der Waals surface area (Å²) < 4.78 is 25.9. The summed E-state index contributed by atoms with van der Waals surface area (Å²) in [7, 11) is 0. The van der Waals surface area contributed by atoms with Gasteiger partial charge in [0, 0.05) is 11.8 Å². The first kappa shape index (κ1) is 13.5. The van der Waals surface area contributed by atoms with Gasteiger partial charge in [-0.05, 0) is 17.5 Å². The van der Waals surface area contributed by atoms with Crippen LogP contribution < -0.4 is 5.32 Å². The maximum Gasteiger partial charge on any atom is 0.307 e. The van der Waals surface area contributed by atoms with E-state index in [0.717, 1.165) is 12.1 Å². The summed E-state index contributed by atoms with van der Waals surface area (Å²) >= 11 is 0. The van der Waals surface area contributed by atoms with Crippen LogP contribution in [-0.2, 0) is 9.59 Å². The van der Waals surface area contributed by atoms with E-state index in [-0.39, 0.29) is 5.69 Å². The van der Waals surface area contributed by atoms with Crippen LogP contribution in [0.5, 0.6) is 0 Å².